The summed E-state index contributed by atoms with van der Waals surface area (Å²) >= 11 is 0. The lowest BCUT2D eigenvalue weighted by molar-refractivity contribution is -0.384. The van der Waals surface area contributed by atoms with Gasteiger partial charge in [-0.3, -0.25) is 14.9 Å². The minimum absolute atomic E-state index is 0.0218. The van der Waals surface area contributed by atoms with Crippen LogP contribution in [0.25, 0.3) is 17.1 Å². The highest BCUT2D eigenvalue weighted by atomic mass is 16.6. The minimum Gasteiger partial charge on any atom is -0.378 e. The Kier molecular flexibility index (Phi) is 5.36. The zero-order valence-corrected chi connectivity index (χ0v) is 16.5. The molecule has 4 aromatic rings. The van der Waals surface area contributed by atoms with Gasteiger partial charge in [0.1, 0.15) is 5.69 Å². The van der Waals surface area contributed by atoms with E-state index in [0.29, 0.717) is 16.8 Å². The lowest BCUT2D eigenvalue weighted by Crippen LogP contribution is -2.19. The van der Waals surface area contributed by atoms with E-state index in [4.69, 9.17) is 5.73 Å². The van der Waals surface area contributed by atoms with Gasteiger partial charge in [0.25, 0.3) is 11.6 Å². The number of nitro groups is 1. The van der Waals surface area contributed by atoms with Gasteiger partial charge in [-0.2, -0.15) is 9.78 Å². The highest BCUT2D eigenvalue weighted by molar-refractivity contribution is 5.98. The topological polar surface area (TPSA) is 180 Å². The van der Waals surface area contributed by atoms with Gasteiger partial charge in [-0.05, 0) is 34.9 Å². The van der Waals surface area contributed by atoms with Crippen molar-refractivity contribution < 1.29 is 14.3 Å². The van der Waals surface area contributed by atoms with Crippen LogP contribution in [0.15, 0.2) is 58.3 Å². The summed E-state index contributed by atoms with van der Waals surface area (Å²) in [6.45, 7) is 1.93. The van der Waals surface area contributed by atoms with Crippen molar-refractivity contribution in [2.24, 2.45) is 5.10 Å². The van der Waals surface area contributed by atoms with Gasteiger partial charge >= 0.3 is 0 Å². The third kappa shape index (κ3) is 4.02. The molecule has 0 unspecified atom stereocenters. The summed E-state index contributed by atoms with van der Waals surface area (Å²) in [5, 5.41) is 29.8. The van der Waals surface area contributed by atoms with Crippen LogP contribution in [0.4, 0.5) is 11.5 Å². The van der Waals surface area contributed by atoms with Crippen LogP contribution in [0, 0.1) is 17.0 Å². The van der Waals surface area contributed by atoms with Crippen molar-refractivity contribution >= 4 is 23.6 Å². The van der Waals surface area contributed by atoms with E-state index in [0.717, 1.165) is 5.56 Å². The standard InChI is InChI=1S/C19H15N9O4/c1-11-2-6-13(7-3-11)16-15(22-26-27(16)18-17(20)24-32-25-18)19(29)23-21-10-12-4-8-14(9-5-12)28(30)31/h2-10H,1H3,(H2,20,24)(H,23,29). The van der Waals surface area contributed by atoms with Gasteiger partial charge in [0.15, 0.2) is 5.69 Å². The Morgan fingerprint density at radius 1 is 1.19 bits per heavy atom. The van der Waals surface area contributed by atoms with E-state index in [1.165, 1.54) is 35.2 Å². The number of carbonyl (C=O) groups excluding carboxylic acids is 1. The van der Waals surface area contributed by atoms with Crippen LogP contribution in [0.2, 0.25) is 0 Å². The van der Waals surface area contributed by atoms with Crippen molar-refractivity contribution in [3.8, 4) is 17.1 Å². The first-order chi connectivity index (χ1) is 15.4. The molecule has 2 aromatic carbocycles. The quantitative estimate of drug-likeness (QED) is 0.261. The Morgan fingerprint density at radius 3 is 2.53 bits per heavy atom. The van der Waals surface area contributed by atoms with Crippen molar-refractivity contribution in [1.82, 2.24) is 30.7 Å². The van der Waals surface area contributed by atoms with Crippen LogP contribution in [0.1, 0.15) is 21.6 Å². The number of non-ortho nitro benzene ring substituents is 1. The van der Waals surface area contributed by atoms with Crippen LogP contribution in [0.3, 0.4) is 0 Å². The van der Waals surface area contributed by atoms with Gasteiger partial charge in [-0.1, -0.05) is 35.0 Å². The van der Waals surface area contributed by atoms with Gasteiger partial charge < -0.3 is 5.73 Å². The first-order valence-electron chi connectivity index (χ1n) is 9.13. The molecule has 0 atom stereocenters. The largest absolute Gasteiger partial charge is 0.378 e. The number of hydrogen-bond acceptors (Lipinski definition) is 10. The van der Waals surface area contributed by atoms with Gasteiger partial charge in [0.05, 0.1) is 11.1 Å². The molecule has 13 heteroatoms. The molecule has 0 fully saturated rings. The molecule has 0 spiro atoms. The summed E-state index contributed by atoms with van der Waals surface area (Å²) in [5.74, 6) is -0.576. The summed E-state index contributed by atoms with van der Waals surface area (Å²) in [4.78, 5) is 23.0. The van der Waals surface area contributed by atoms with Gasteiger partial charge in [-0.25, -0.2) is 10.1 Å². The third-order valence-electron chi connectivity index (χ3n) is 4.39. The van der Waals surface area contributed by atoms with E-state index < -0.39 is 10.8 Å². The maximum absolute atomic E-state index is 12.8. The van der Waals surface area contributed by atoms with E-state index in [1.54, 1.807) is 12.1 Å². The molecule has 0 bridgehead atoms. The van der Waals surface area contributed by atoms with E-state index >= 15 is 0 Å². The van der Waals surface area contributed by atoms with E-state index in [-0.39, 0.29) is 23.0 Å². The molecule has 1 amide bonds. The molecule has 13 nitrogen and oxygen atoms in total. The second-order valence-corrected chi connectivity index (χ2v) is 6.59. The number of aromatic nitrogens is 5. The third-order valence-corrected chi connectivity index (χ3v) is 4.39. The lowest BCUT2D eigenvalue weighted by atomic mass is 10.1. The molecule has 2 aromatic heterocycles. The summed E-state index contributed by atoms with van der Waals surface area (Å²) in [7, 11) is 0. The molecule has 0 aliphatic heterocycles. The number of anilines is 1. The van der Waals surface area contributed by atoms with Crippen molar-refractivity contribution in [3.63, 3.8) is 0 Å². The van der Waals surface area contributed by atoms with Gasteiger partial charge in [0, 0.05) is 17.7 Å². The zero-order valence-electron chi connectivity index (χ0n) is 16.5. The molecular weight excluding hydrogens is 418 g/mol. The molecule has 3 N–H and O–H groups in total. The van der Waals surface area contributed by atoms with Crippen molar-refractivity contribution in [3.05, 3.63) is 75.5 Å². The number of nitrogens with one attached hydrogen (secondary N) is 1. The number of nitrogen functional groups attached to an aromatic ring is 1. The Balaban J connectivity index is 1.63. The van der Waals surface area contributed by atoms with Gasteiger partial charge in [0.2, 0.25) is 11.6 Å². The predicted molar refractivity (Wildman–Crippen MR) is 112 cm³/mol. The summed E-state index contributed by atoms with van der Waals surface area (Å²) < 4.78 is 5.89. The van der Waals surface area contributed by atoms with Crippen LogP contribution in [-0.2, 0) is 0 Å². The SMILES string of the molecule is Cc1ccc(-c2c(C(=O)NN=Cc3ccc([N+](=O)[O-])cc3)nnn2-c2nonc2N)cc1. The average Bonchev–Trinajstić information content (AvgIpc) is 3.40. The summed E-state index contributed by atoms with van der Waals surface area (Å²) in [5.41, 5.74) is 10.6. The second kappa shape index (κ2) is 8.43. The average molecular weight is 433 g/mol. The number of nitrogens with zero attached hydrogens (tertiary/aromatic N) is 7. The maximum Gasteiger partial charge on any atom is 0.294 e. The number of benzene rings is 2. The smallest absolute Gasteiger partial charge is 0.294 e. The van der Waals surface area contributed by atoms with Crippen LogP contribution in [0.5, 0.6) is 0 Å². The minimum atomic E-state index is -0.639. The number of hydrazone groups is 1. The Morgan fingerprint density at radius 2 is 1.91 bits per heavy atom. The van der Waals surface area contributed by atoms with Gasteiger partial charge in [-0.15, -0.1) is 5.10 Å². The molecule has 160 valence electrons. The highest BCUT2D eigenvalue weighted by Gasteiger charge is 2.25. The molecule has 0 aliphatic rings. The normalized spacial score (nSPS) is 11.0. The molecule has 0 radical (unpaired) electrons. The molecule has 32 heavy (non-hydrogen) atoms. The first kappa shape index (κ1) is 20.3. The number of rotatable bonds is 6. The fourth-order valence-corrected chi connectivity index (χ4v) is 2.79. The van der Waals surface area contributed by atoms with E-state index in [1.807, 2.05) is 19.1 Å². The Bertz CT molecular complexity index is 1310. The number of nitrogens with two attached hydrogens (primary N) is 1. The van der Waals surface area contributed by atoms with Crippen LogP contribution in [-0.4, -0.2) is 42.4 Å². The molecule has 0 aliphatic carbocycles. The fourth-order valence-electron chi connectivity index (χ4n) is 2.79. The Hall–Kier alpha value is -4.94. The fraction of sp³-hybridized carbons (Fsp3) is 0.0526. The highest BCUT2D eigenvalue weighted by Crippen LogP contribution is 2.26. The van der Waals surface area contributed by atoms with Crippen LogP contribution >= 0.6 is 0 Å². The molecular formula is C19H15N9O4. The van der Waals surface area contributed by atoms with E-state index in [2.05, 4.69) is 35.8 Å². The van der Waals surface area contributed by atoms with Crippen molar-refractivity contribution in [2.45, 2.75) is 6.92 Å². The second-order valence-electron chi connectivity index (χ2n) is 6.59. The van der Waals surface area contributed by atoms with Crippen molar-refractivity contribution in [1.29, 1.82) is 0 Å². The summed E-state index contributed by atoms with van der Waals surface area (Å²) in [6.07, 6.45) is 1.34. The van der Waals surface area contributed by atoms with Crippen LogP contribution < -0.4 is 11.2 Å². The number of hydrogen-bond donors (Lipinski definition) is 2. The molecule has 0 saturated heterocycles. The number of carbonyl (C=O) groups is 1. The number of amides is 1. The van der Waals surface area contributed by atoms with E-state index in [9.17, 15) is 14.9 Å². The Labute approximate surface area is 179 Å². The lowest BCUT2D eigenvalue weighted by Gasteiger charge is -2.06. The molecule has 4 rings (SSSR count). The monoisotopic (exact) mass is 433 g/mol. The number of nitro benzene ring substituents is 1. The molecule has 2 heterocycles. The maximum atomic E-state index is 12.8. The summed E-state index contributed by atoms with van der Waals surface area (Å²) in [6, 6.07) is 13.0. The van der Waals surface area contributed by atoms with Crippen molar-refractivity contribution in [2.75, 3.05) is 5.73 Å². The number of aryl methyl sites for hydroxylation is 1. The first-order valence-corrected chi connectivity index (χ1v) is 9.13. The predicted octanol–water partition coefficient (Wildman–Crippen LogP) is 1.88. The zero-order chi connectivity index (χ0) is 22.7. The molecule has 0 saturated carbocycles.